The van der Waals surface area contributed by atoms with Crippen molar-refractivity contribution in [2.24, 2.45) is 5.10 Å². The molecule has 2 amide bonds. The van der Waals surface area contributed by atoms with Crippen molar-refractivity contribution in [3.63, 3.8) is 0 Å². The molecule has 0 unspecified atom stereocenters. The second-order valence-electron chi connectivity index (χ2n) is 7.85. The summed E-state index contributed by atoms with van der Waals surface area (Å²) in [6.45, 7) is 1.08. The molecule has 0 spiro atoms. The van der Waals surface area contributed by atoms with Gasteiger partial charge in [0.05, 0.1) is 17.7 Å². The zero-order valence-electron chi connectivity index (χ0n) is 20.0. The van der Waals surface area contributed by atoms with Gasteiger partial charge < -0.3 is 5.32 Å². The topological polar surface area (TPSA) is 108 Å². The summed E-state index contributed by atoms with van der Waals surface area (Å²) in [4.78, 5) is 25.0. The highest BCUT2D eigenvalue weighted by Gasteiger charge is 2.26. The molecular formula is C26H28N4O4S2. The monoisotopic (exact) mass is 524 g/mol. The Bertz CT molecular complexity index is 1290. The Morgan fingerprint density at radius 2 is 1.64 bits per heavy atom. The van der Waals surface area contributed by atoms with Crippen LogP contribution >= 0.6 is 11.8 Å². The Balaban J connectivity index is 1.73. The van der Waals surface area contributed by atoms with Crippen LogP contribution in [0.5, 0.6) is 0 Å². The zero-order valence-corrected chi connectivity index (χ0v) is 21.7. The summed E-state index contributed by atoms with van der Waals surface area (Å²) < 4.78 is 27.9. The molecule has 3 aromatic rings. The molecule has 0 radical (unpaired) electrons. The molecule has 0 atom stereocenters. The third kappa shape index (κ3) is 8.04. The predicted molar refractivity (Wildman–Crippen MR) is 144 cm³/mol. The van der Waals surface area contributed by atoms with E-state index >= 15 is 0 Å². The standard InChI is InChI=1S/C26H28N4O4S2/c1-20(31)28-23-10-14-25(15-11-23)36(33,34)30(17-16-21-6-4-3-5-7-21)19-26(32)29-27-18-22-8-12-24(35-2)13-9-22/h3-15,18H,16-17,19H2,1-2H3,(H,28,31)(H,29,32). The number of nitrogens with zero attached hydrogens (tertiary/aromatic N) is 2. The molecule has 0 bridgehead atoms. The summed E-state index contributed by atoms with van der Waals surface area (Å²) in [7, 11) is -3.99. The number of thioether (sulfide) groups is 1. The van der Waals surface area contributed by atoms with Crippen molar-refractivity contribution in [3.8, 4) is 0 Å². The van der Waals surface area contributed by atoms with E-state index in [1.54, 1.807) is 11.8 Å². The Kier molecular flexibility index (Phi) is 9.80. The molecule has 0 aliphatic carbocycles. The first-order valence-electron chi connectivity index (χ1n) is 11.2. The number of amides is 2. The summed E-state index contributed by atoms with van der Waals surface area (Å²) in [5.41, 5.74) is 4.65. The van der Waals surface area contributed by atoms with Gasteiger partial charge in [-0.05, 0) is 60.2 Å². The smallest absolute Gasteiger partial charge is 0.255 e. The van der Waals surface area contributed by atoms with Crippen LogP contribution in [-0.4, -0.2) is 50.1 Å². The highest BCUT2D eigenvalue weighted by atomic mass is 32.2. The fraction of sp³-hybridized carbons (Fsp3) is 0.192. The number of carbonyl (C=O) groups is 2. The maximum Gasteiger partial charge on any atom is 0.255 e. The number of nitrogens with one attached hydrogen (secondary N) is 2. The second kappa shape index (κ2) is 13.0. The van der Waals surface area contributed by atoms with Gasteiger partial charge in [0.1, 0.15) is 0 Å². The van der Waals surface area contributed by atoms with Crippen LogP contribution in [0.15, 0.2) is 93.8 Å². The maximum atomic E-state index is 13.4. The van der Waals surface area contributed by atoms with Gasteiger partial charge in [0.15, 0.2) is 0 Å². The first kappa shape index (κ1) is 27.1. The van der Waals surface area contributed by atoms with Crippen molar-refractivity contribution in [1.29, 1.82) is 0 Å². The summed E-state index contributed by atoms with van der Waals surface area (Å²) in [6, 6.07) is 22.9. The van der Waals surface area contributed by atoms with Gasteiger partial charge in [-0.15, -0.1) is 11.8 Å². The SMILES string of the molecule is CSc1ccc(C=NNC(=O)CN(CCc2ccccc2)S(=O)(=O)c2ccc(NC(C)=O)cc2)cc1. The van der Waals surface area contributed by atoms with Gasteiger partial charge in [-0.1, -0.05) is 42.5 Å². The lowest BCUT2D eigenvalue weighted by atomic mass is 10.1. The van der Waals surface area contributed by atoms with Gasteiger partial charge in [-0.3, -0.25) is 9.59 Å². The fourth-order valence-corrected chi connectivity index (χ4v) is 5.11. The normalized spacial score (nSPS) is 11.5. The first-order chi connectivity index (χ1) is 17.3. The Morgan fingerprint density at radius 1 is 0.972 bits per heavy atom. The third-order valence-corrected chi connectivity index (χ3v) is 7.75. The fourth-order valence-electron chi connectivity index (χ4n) is 3.31. The van der Waals surface area contributed by atoms with Gasteiger partial charge in [-0.25, -0.2) is 13.8 Å². The molecule has 0 fully saturated rings. The minimum atomic E-state index is -3.99. The van der Waals surface area contributed by atoms with Crippen molar-refractivity contribution < 1.29 is 18.0 Å². The number of hydrogen-bond acceptors (Lipinski definition) is 6. The maximum absolute atomic E-state index is 13.4. The van der Waals surface area contributed by atoms with E-state index in [9.17, 15) is 18.0 Å². The van der Waals surface area contributed by atoms with Crippen LogP contribution in [0.2, 0.25) is 0 Å². The minimum Gasteiger partial charge on any atom is -0.326 e. The molecule has 36 heavy (non-hydrogen) atoms. The van der Waals surface area contributed by atoms with E-state index in [1.165, 1.54) is 37.4 Å². The average Bonchev–Trinajstić information content (AvgIpc) is 2.87. The summed E-state index contributed by atoms with van der Waals surface area (Å²) >= 11 is 1.62. The van der Waals surface area contributed by atoms with E-state index in [-0.39, 0.29) is 17.3 Å². The molecule has 3 aromatic carbocycles. The number of hydrazone groups is 1. The van der Waals surface area contributed by atoms with Gasteiger partial charge in [-0.2, -0.15) is 9.41 Å². The number of anilines is 1. The van der Waals surface area contributed by atoms with Crippen LogP contribution < -0.4 is 10.7 Å². The molecule has 3 rings (SSSR count). The molecule has 0 aliphatic heterocycles. The molecule has 0 aromatic heterocycles. The Labute approximate surface area is 215 Å². The average molecular weight is 525 g/mol. The van der Waals surface area contributed by atoms with Crippen molar-refractivity contribution in [3.05, 3.63) is 90.0 Å². The van der Waals surface area contributed by atoms with Crippen LogP contribution in [0, 0.1) is 0 Å². The summed E-state index contributed by atoms with van der Waals surface area (Å²) in [5.74, 6) is -0.814. The van der Waals surface area contributed by atoms with Crippen molar-refractivity contribution in [2.45, 2.75) is 23.1 Å². The van der Waals surface area contributed by atoms with Gasteiger partial charge in [0.25, 0.3) is 5.91 Å². The van der Waals surface area contributed by atoms with Crippen LogP contribution in [0.3, 0.4) is 0 Å². The summed E-state index contributed by atoms with van der Waals surface area (Å²) in [5, 5.41) is 6.58. The predicted octanol–water partition coefficient (Wildman–Crippen LogP) is 3.75. The molecule has 8 nitrogen and oxygen atoms in total. The molecule has 10 heteroatoms. The van der Waals surface area contributed by atoms with E-state index in [2.05, 4.69) is 15.8 Å². The van der Waals surface area contributed by atoms with E-state index in [4.69, 9.17) is 0 Å². The van der Waals surface area contributed by atoms with Gasteiger partial charge in [0.2, 0.25) is 15.9 Å². The quantitative estimate of drug-likeness (QED) is 0.226. The zero-order chi connectivity index (χ0) is 26.0. The number of benzene rings is 3. The van der Waals surface area contributed by atoms with E-state index < -0.39 is 22.5 Å². The first-order valence-corrected chi connectivity index (χ1v) is 13.8. The molecule has 0 saturated heterocycles. The third-order valence-electron chi connectivity index (χ3n) is 5.14. The Morgan fingerprint density at radius 3 is 2.25 bits per heavy atom. The molecule has 0 saturated carbocycles. The van der Waals surface area contributed by atoms with Crippen LogP contribution in [0.4, 0.5) is 5.69 Å². The van der Waals surface area contributed by atoms with Crippen molar-refractivity contribution in [2.75, 3.05) is 24.7 Å². The van der Waals surface area contributed by atoms with Crippen molar-refractivity contribution >= 4 is 45.5 Å². The van der Waals surface area contributed by atoms with Gasteiger partial charge >= 0.3 is 0 Å². The highest BCUT2D eigenvalue weighted by Crippen LogP contribution is 2.19. The summed E-state index contributed by atoms with van der Waals surface area (Å²) in [6.07, 6.45) is 3.92. The highest BCUT2D eigenvalue weighted by molar-refractivity contribution is 7.98. The number of carbonyl (C=O) groups excluding carboxylic acids is 2. The number of sulfonamides is 1. The van der Waals surface area contributed by atoms with E-state index in [0.717, 1.165) is 20.3 Å². The lowest BCUT2D eigenvalue weighted by Crippen LogP contribution is -2.40. The number of hydrogen-bond donors (Lipinski definition) is 2. The molecule has 2 N–H and O–H groups in total. The lowest BCUT2D eigenvalue weighted by molar-refractivity contribution is -0.121. The van der Waals surface area contributed by atoms with Crippen LogP contribution in [-0.2, 0) is 26.0 Å². The minimum absolute atomic E-state index is 0.0230. The number of rotatable bonds is 11. The largest absolute Gasteiger partial charge is 0.326 e. The lowest BCUT2D eigenvalue weighted by Gasteiger charge is -2.21. The second-order valence-corrected chi connectivity index (χ2v) is 10.7. The Hall–Kier alpha value is -3.47. The molecular weight excluding hydrogens is 496 g/mol. The molecule has 0 heterocycles. The molecule has 0 aliphatic rings. The molecule has 188 valence electrons. The van der Waals surface area contributed by atoms with E-state index in [1.807, 2.05) is 60.9 Å². The van der Waals surface area contributed by atoms with Crippen molar-refractivity contribution in [1.82, 2.24) is 9.73 Å². The van der Waals surface area contributed by atoms with Crippen LogP contribution in [0.25, 0.3) is 0 Å². The van der Waals surface area contributed by atoms with E-state index in [0.29, 0.717) is 12.1 Å². The van der Waals surface area contributed by atoms with Gasteiger partial charge in [0, 0.05) is 24.1 Å². The van der Waals surface area contributed by atoms with Crippen LogP contribution in [0.1, 0.15) is 18.1 Å².